The molecule has 140 valence electrons. The summed E-state index contributed by atoms with van der Waals surface area (Å²) in [5.41, 5.74) is 1.72. The summed E-state index contributed by atoms with van der Waals surface area (Å²) < 4.78 is 5.25. The zero-order chi connectivity index (χ0) is 18.5. The predicted molar refractivity (Wildman–Crippen MR) is 99.2 cm³/mol. The molecule has 2 aliphatic rings. The number of amides is 2. The first-order chi connectivity index (χ1) is 12.6. The first-order valence-electron chi connectivity index (χ1n) is 8.97. The molecule has 2 amide bonds. The number of anilines is 1. The summed E-state index contributed by atoms with van der Waals surface area (Å²) in [7, 11) is 1.75. The van der Waals surface area contributed by atoms with Gasteiger partial charge >= 0.3 is 0 Å². The van der Waals surface area contributed by atoms with Crippen LogP contribution in [0.2, 0.25) is 0 Å². The maximum Gasteiger partial charge on any atom is 0.239 e. The van der Waals surface area contributed by atoms with Crippen molar-refractivity contribution >= 4 is 28.2 Å². The molecule has 1 aliphatic heterocycles. The second-order valence-corrected chi connectivity index (χ2v) is 7.85. The standard InChI is InChI=1S/C18H24N4O3S/c1-21(12-17(24)22-6-8-25-9-7-22)11-16(23)20-18-14(10-19)13-4-2-3-5-15(13)26-18/h2-9,11-12H2,1H3,(H,20,23). The molecule has 0 saturated carbocycles. The molecule has 3 rings (SSSR count). The zero-order valence-electron chi connectivity index (χ0n) is 15.0. The minimum absolute atomic E-state index is 0.00732. The van der Waals surface area contributed by atoms with E-state index in [9.17, 15) is 14.9 Å². The summed E-state index contributed by atoms with van der Waals surface area (Å²) in [6, 6.07) is 2.25. The van der Waals surface area contributed by atoms with E-state index < -0.39 is 0 Å². The van der Waals surface area contributed by atoms with E-state index in [0.717, 1.165) is 31.2 Å². The third kappa shape index (κ3) is 4.41. The lowest BCUT2D eigenvalue weighted by Gasteiger charge is -2.28. The Kier molecular flexibility index (Phi) is 6.25. The van der Waals surface area contributed by atoms with Crippen molar-refractivity contribution in [3.05, 3.63) is 16.0 Å². The topological polar surface area (TPSA) is 85.7 Å². The van der Waals surface area contributed by atoms with Gasteiger partial charge in [-0.2, -0.15) is 5.26 Å². The van der Waals surface area contributed by atoms with Crippen LogP contribution >= 0.6 is 11.3 Å². The van der Waals surface area contributed by atoms with Gasteiger partial charge in [-0.15, -0.1) is 11.3 Å². The first kappa shape index (κ1) is 18.8. The van der Waals surface area contributed by atoms with E-state index in [4.69, 9.17) is 4.74 Å². The molecule has 1 aromatic heterocycles. The predicted octanol–water partition coefficient (Wildman–Crippen LogP) is 1.23. The van der Waals surface area contributed by atoms with Crippen molar-refractivity contribution < 1.29 is 14.3 Å². The molecule has 1 saturated heterocycles. The Balaban J connectivity index is 1.54. The van der Waals surface area contributed by atoms with Crippen molar-refractivity contribution in [2.75, 3.05) is 51.8 Å². The lowest BCUT2D eigenvalue weighted by atomic mass is 9.96. The number of hydrogen-bond acceptors (Lipinski definition) is 6. The molecule has 1 N–H and O–H groups in total. The Hall–Kier alpha value is -1.95. The van der Waals surface area contributed by atoms with Crippen molar-refractivity contribution in [2.24, 2.45) is 0 Å². The average Bonchev–Trinajstić information content (AvgIpc) is 2.98. The highest BCUT2D eigenvalue weighted by molar-refractivity contribution is 7.16. The van der Waals surface area contributed by atoms with Crippen molar-refractivity contribution in [2.45, 2.75) is 25.7 Å². The van der Waals surface area contributed by atoms with E-state index >= 15 is 0 Å². The number of hydrogen-bond donors (Lipinski definition) is 1. The van der Waals surface area contributed by atoms with Gasteiger partial charge in [0.1, 0.15) is 11.1 Å². The highest BCUT2D eigenvalue weighted by atomic mass is 32.1. The lowest BCUT2D eigenvalue weighted by molar-refractivity contribution is -0.136. The van der Waals surface area contributed by atoms with Gasteiger partial charge in [-0.25, -0.2) is 0 Å². The van der Waals surface area contributed by atoms with Crippen molar-refractivity contribution in [1.29, 1.82) is 5.26 Å². The number of nitrogens with zero attached hydrogens (tertiary/aromatic N) is 3. The molecule has 1 aliphatic carbocycles. The lowest BCUT2D eigenvalue weighted by Crippen LogP contribution is -2.46. The van der Waals surface area contributed by atoms with E-state index in [1.807, 2.05) is 0 Å². The number of likely N-dealkylation sites (N-methyl/N-ethyl adjacent to an activating group) is 1. The van der Waals surface area contributed by atoms with Crippen molar-refractivity contribution in [3.8, 4) is 6.07 Å². The van der Waals surface area contributed by atoms with Crippen LogP contribution < -0.4 is 5.32 Å². The van der Waals surface area contributed by atoms with Crippen molar-refractivity contribution in [3.63, 3.8) is 0 Å². The number of morpholine rings is 1. The van der Waals surface area contributed by atoms with E-state index in [1.165, 1.54) is 16.2 Å². The summed E-state index contributed by atoms with van der Waals surface area (Å²) >= 11 is 1.52. The minimum Gasteiger partial charge on any atom is -0.378 e. The smallest absolute Gasteiger partial charge is 0.239 e. The molecule has 1 aromatic rings. The number of carbonyl (C=O) groups excluding carboxylic acids is 2. The Morgan fingerprint density at radius 1 is 1.27 bits per heavy atom. The quantitative estimate of drug-likeness (QED) is 0.835. The summed E-state index contributed by atoms with van der Waals surface area (Å²) in [5, 5.41) is 13.0. The molecule has 0 bridgehead atoms. The second kappa shape index (κ2) is 8.62. The maximum atomic E-state index is 12.4. The van der Waals surface area contributed by atoms with Gasteiger partial charge < -0.3 is 15.0 Å². The van der Waals surface area contributed by atoms with Crippen LogP contribution in [0.1, 0.15) is 28.8 Å². The summed E-state index contributed by atoms with van der Waals surface area (Å²) in [5.74, 6) is -0.190. The third-order valence-corrected chi connectivity index (χ3v) is 5.93. The van der Waals surface area contributed by atoms with Crippen LogP contribution in [0.5, 0.6) is 0 Å². The van der Waals surface area contributed by atoms with Gasteiger partial charge in [0.15, 0.2) is 0 Å². The molecule has 0 unspecified atom stereocenters. The molecule has 2 heterocycles. The van der Waals surface area contributed by atoms with Crippen molar-refractivity contribution in [1.82, 2.24) is 9.80 Å². The Morgan fingerprint density at radius 3 is 2.73 bits per heavy atom. The van der Waals surface area contributed by atoms with E-state index in [1.54, 1.807) is 16.8 Å². The van der Waals surface area contributed by atoms with Gasteiger partial charge in [-0.1, -0.05) is 0 Å². The van der Waals surface area contributed by atoms with Gasteiger partial charge in [0.05, 0.1) is 31.9 Å². The normalized spacial score (nSPS) is 16.9. The maximum absolute atomic E-state index is 12.4. The largest absolute Gasteiger partial charge is 0.378 e. The molecule has 7 nitrogen and oxygen atoms in total. The SMILES string of the molecule is CN(CC(=O)Nc1sc2c(c1C#N)CCCC2)CC(=O)N1CCOCC1. The van der Waals surface area contributed by atoms with E-state index in [2.05, 4.69) is 11.4 Å². The molecular formula is C18H24N4O3S. The van der Waals surface area contributed by atoms with E-state index in [-0.39, 0.29) is 24.9 Å². The fourth-order valence-electron chi connectivity index (χ4n) is 3.38. The number of aryl methyl sites for hydroxylation is 1. The Bertz CT molecular complexity index is 719. The highest BCUT2D eigenvalue weighted by Gasteiger charge is 2.23. The van der Waals surface area contributed by atoms with Crippen LogP contribution in [0, 0.1) is 11.3 Å². The molecular weight excluding hydrogens is 352 g/mol. The number of carbonyl (C=O) groups is 2. The van der Waals surface area contributed by atoms with Crippen LogP contribution in [0.4, 0.5) is 5.00 Å². The fraction of sp³-hybridized carbons (Fsp3) is 0.611. The second-order valence-electron chi connectivity index (χ2n) is 6.74. The number of ether oxygens (including phenoxy) is 1. The van der Waals surface area contributed by atoms with Crippen LogP contribution in [0.15, 0.2) is 0 Å². The molecule has 0 atom stereocenters. The number of rotatable bonds is 5. The number of nitriles is 1. The Labute approximate surface area is 157 Å². The Morgan fingerprint density at radius 2 is 2.00 bits per heavy atom. The fourth-order valence-corrected chi connectivity index (χ4v) is 4.64. The van der Waals surface area contributed by atoms with E-state index in [0.29, 0.717) is 36.9 Å². The highest BCUT2D eigenvalue weighted by Crippen LogP contribution is 2.37. The van der Waals surface area contributed by atoms with Gasteiger partial charge in [0, 0.05) is 18.0 Å². The molecule has 0 radical (unpaired) electrons. The summed E-state index contributed by atoms with van der Waals surface area (Å²) in [6.45, 7) is 2.64. The number of thiophene rings is 1. The minimum atomic E-state index is -0.197. The van der Waals surface area contributed by atoms with Crippen LogP contribution in [-0.2, 0) is 27.2 Å². The van der Waals surface area contributed by atoms with Gasteiger partial charge in [0.25, 0.3) is 0 Å². The van der Waals surface area contributed by atoms with Gasteiger partial charge in [-0.3, -0.25) is 14.5 Å². The van der Waals surface area contributed by atoms with Crippen LogP contribution in [0.25, 0.3) is 0 Å². The molecule has 26 heavy (non-hydrogen) atoms. The zero-order valence-corrected chi connectivity index (χ0v) is 15.9. The third-order valence-electron chi connectivity index (χ3n) is 4.72. The molecule has 1 fully saturated rings. The summed E-state index contributed by atoms with van der Waals surface area (Å²) in [6.07, 6.45) is 4.13. The monoisotopic (exact) mass is 376 g/mol. The van der Waals surface area contributed by atoms with Crippen LogP contribution in [0.3, 0.4) is 0 Å². The molecule has 0 aromatic carbocycles. The number of nitrogens with one attached hydrogen (secondary N) is 1. The first-order valence-corrected chi connectivity index (χ1v) is 9.78. The molecule has 0 spiro atoms. The van der Waals surface area contributed by atoms with Gasteiger partial charge in [-0.05, 0) is 38.3 Å². The van der Waals surface area contributed by atoms with Gasteiger partial charge in [0.2, 0.25) is 11.8 Å². The molecule has 8 heteroatoms. The number of fused-ring (bicyclic) bond motifs is 1. The summed E-state index contributed by atoms with van der Waals surface area (Å²) in [4.78, 5) is 29.3. The van der Waals surface area contributed by atoms with Crippen LogP contribution in [-0.4, -0.2) is 68.1 Å². The average molecular weight is 376 g/mol.